The van der Waals surface area contributed by atoms with Crippen molar-refractivity contribution in [3.8, 4) is 0 Å². The van der Waals surface area contributed by atoms with Crippen LogP contribution in [0.4, 0.5) is 18.0 Å². The number of alkyl halides is 3. The zero-order valence-corrected chi connectivity index (χ0v) is 11.4. The highest BCUT2D eigenvalue weighted by molar-refractivity contribution is 5.80. The van der Waals surface area contributed by atoms with Gasteiger partial charge in [0.2, 0.25) is 0 Å². The number of carboxylic acid groups (broad SMARTS) is 1. The maximum atomic E-state index is 13.1. The lowest BCUT2D eigenvalue weighted by Gasteiger charge is -2.29. The summed E-state index contributed by atoms with van der Waals surface area (Å²) in [6.07, 6.45) is -4.87. The van der Waals surface area contributed by atoms with Gasteiger partial charge in [-0.2, -0.15) is 13.2 Å². The molecule has 1 N–H and O–H groups in total. The van der Waals surface area contributed by atoms with Gasteiger partial charge in [0.25, 0.3) is 0 Å². The van der Waals surface area contributed by atoms with E-state index in [9.17, 15) is 22.8 Å². The number of hydrogen-bond acceptors (Lipinski definition) is 3. The predicted molar refractivity (Wildman–Crippen MR) is 64.7 cm³/mol. The molecular formula is C12H17F3N2O4. The first-order chi connectivity index (χ1) is 9.78. The molecule has 2 amide bonds. The van der Waals surface area contributed by atoms with Crippen LogP contribution in [0, 0.1) is 5.41 Å². The second kappa shape index (κ2) is 5.70. The number of carbonyl (C=O) groups is 2. The number of halogens is 3. The zero-order chi connectivity index (χ0) is 15.7. The lowest BCUT2D eigenvalue weighted by atomic mass is 9.86. The molecule has 2 fully saturated rings. The molecule has 2 saturated heterocycles. The van der Waals surface area contributed by atoms with Crippen LogP contribution < -0.4 is 0 Å². The number of rotatable bonds is 1. The first-order valence-electron chi connectivity index (χ1n) is 6.70. The van der Waals surface area contributed by atoms with E-state index in [0.717, 1.165) is 4.90 Å². The third-order valence-corrected chi connectivity index (χ3v) is 3.98. The van der Waals surface area contributed by atoms with Crippen molar-refractivity contribution in [2.45, 2.75) is 19.0 Å². The van der Waals surface area contributed by atoms with Crippen LogP contribution in [-0.2, 0) is 9.53 Å². The van der Waals surface area contributed by atoms with E-state index in [2.05, 4.69) is 0 Å². The van der Waals surface area contributed by atoms with Gasteiger partial charge in [0, 0.05) is 32.8 Å². The van der Waals surface area contributed by atoms with E-state index < -0.39 is 36.6 Å². The Hall–Kier alpha value is -1.51. The number of carbonyl (C=O) groups excluding carboxylic acids is 1. The summed E-state index contributed by atoms with van der Waals surface area (Å²) in [6, 6.07) is -0.548. The molecule has 0 bridgehead atoms. The molecule has 2 heterocycles. The molecule has 1 atom stereocenters. The molecule has 2 aliphatic heterocycles. The van der Waals surface area contributed by atoms with Crippen LogP contribution in [-0.4, -0.2) is 72.5 Å². The van der Waals surface area contributed by atoms with Crippen molar-refractivity contribution in [3.63, 3.8) is 0 Å². The van der Waals surface area contributed by atoms with Crippen LogP contribution in [0.5, 0.6) is 0 Å². The van der Waals surface area contributed by atoms with Gasteiger partial charge in [-0.3, -0.25) is 4.79 Å². The highest BCUT2D eigenvalue weighted by atomic mass is 19.4. The minimum absolute atomic E-state index is 0.206. The van der Waals surface area contributed by atoms with E-state index in [1.165, 1.54) is 4.90 Å². The second-order valence-electron chi connectivity index (χ2n) is 5.29. The van der Waals surface area contributed by atoms with Gasteiger partial charge in [-0.15, -0.1) is 0 Å². The van der Waals surface area contributed by atoms with Crippen LogP contribution in [0.3, 0.4) is 0 Å². The van der Waals surface area contributed by atoms with Gasteiger partial charge in [0.15, 0.2) is 5.41 Å². The molecule has 0 spiro atoms. The largest absolute Gasteiger partial charge is 0.481 e. The Balaban J connectivity index is 2.10. The smallest absolute Gasteiger partial charge is 0.406 e. The van der Waals surface area contributed by atoms with E-state index >= 15 is 0 Å². The predicted octanol–water partition coefficient (Wildman–Crippen LogP) is 1.17. The van der Waals surface area contributed by atoms with Gasteiger partial charge in [0.05, 0.1) is 6.61 Å². The monoisotopic (exact) mass is 310 g/mol. The maximum Gasteiger partial charge on any atom is 0.406 e. The molecule has 6 nitrogen and oxygen atoms in total. The highest BCUT2D eigenvalue weighted by Gasteiger charge is 2.64. The average molecular weight is 310 g/mol. The van der Waals surface area contributed by atoms with Gasteiger partial charge < -0.3 is 19.6 Å². The van der Waals surface area contributed by atoms with Crippen LogP contribution in [0.25, 0.3) is 0 Å². The second-order valence-corrected chi connectivity index (χ2v) is 5.29. The Morgan fingerprint density at radius 2 is 1.81 bits per heavy atom. The molecule has 2 aliphatic rings. The Morgan fingerprint density at radius 3 is 2.38 bits per heavy atom. The number of ether oxygens (including phenoxy) is 1. The number of carboxylic acids is 1. The fraction of sp³-hybridized carbons (Fsp3) is 0.833. The third-order valence-electron chi connectivity index (χ3n) is 3.98. The van der Waals surface area contributed by atoms with Crippen LogP contribution in [0.1, 0.15) is 12.8 Å². The van der Waals surface area contributed by atoms with Crippen molar-refractivity contribution < 1.29 is 32.6 Å². The van der Waals surface area contributed by atoms with E-state index in [0.29, 0.717) is 32.7 Å². The van der Waals surface area contributed by atoms with Crippen molar-refractivity contribution in [1.82, 2.24) is 9.80 Å². The Morgan fingerprint density at radius 1 is 1.10 bits per heavy atom. The zero-order valence-electron chi connectivity index (χ0n) is 11.4. The summed E-state index contributed by atoms with van der Waals surface area (Å²) in [7, 11) is 0. The molecule has 0 aliphatic carbocycles. The highest BCUT2D eigenvalue weighted by Crippen LogP contribution is 2.45. The molecule has 21 heavy (non-hydrogen) atoms. The number of amides is 2. The maximum absolute atomic E-state index is 13.1. The minimum atomic E-state index is -4.88. The molecule has 1 unspecified atom stereocenters. The fourth-order valence-electron chi connectivity index (χ4n) is 2.64. The van der Waals surface area contributed by atoms with E-state index in [-0.39, 0.29) is 6.54 Å². The lowest BCUT2D eigenvalue weighted by Crippen LogP contribution is -2.50. The van der Waals surface area contributed by atoms with Crippen molar-refractivity contribution in [3.05, 3.63) is 0 Å². The Labute approximate surface area is 119 Å². The standard InChI is InChI=1S/C12H17F3N2O4/c13-12(14,15)11(9(18)19)2-4-17(8-11)10(20)16-3-1-6-21-7-5-16/h1-8H2,(H,18,19). The quantitative estimate of drug-likeness (QED) is 0.789. The first-order valence-corrected chi connectivity index (χ1v) is 6.70. The van der Waals surface area contributed by atoms with Gasteiger partial charge in [-0.05, 0) is 12.8 Å². The first kappa shape index (κ1) is 15.9. The van der Waals surface area contributed by atoms with Gasteiger partial charge in [-0.25, -0.2) is 4.79 Å². The number of nitrogens with zero attached hydrogens (tertiary/aromatic N) is 2. The summed E-state index contributed by atoms with van der Waals surface area (Å²) >= 11 is 0. The lowest BCUT2D eigenvalue weighted by molar-refractivity contribution is -0.227. The van der Waals surface area contributed by atoms with Crippen LogP contribution in [0.15, 0.2) is 0 Å². The van der Waals surface area contributed by atoms with E-state index in [1.807, 2.05) is 0 Å². The van der Waals surface area contributed by atoms with Gasteiger partial charge >= 0.3 is 18.2 Å². The SMILES string of the molecule is O=C(N1CCCOCC1)N1CCC(C(=O)O)(C(F)(F)F)C1. The van der Waals surface area contributed by atoms with Crippen LogP contribution >= 0.6 is 0 Å². The van der Waals surface area contributed by atoms with Crippen molar-refractivity contribution in [2.24, 2.45) is 5.41 Å². The summed E-state index contributed by atoms with van der Waals surface area (Å²) in [5.74, 6) is -1.93. The molecule has 0 radical (unpaired) electrons. The normalized spacial score (nSPS) is 27.6. The van der Waals surface area contributed by atoms with Crippen molar-refractivity contribution in [2.75, 3.05) is 39.4 Å². The molecule has 120 valence electrons. The molecule has 0 saturated carbocycles. The molecule has 9 heteroatoms. The number of hydrogen-bond donors (Lipinski definition) is 1. The third kappa shape index (κ3) is 2.92. The molecule has 0 aromatic rings. The summed E-state index contributed by atoms with van der Waals surface area (Å²) in [5.41, 5.74) is -2.86. The van der Waals surface area contributed by atoms with Crippen molar-refractivity contribution in [1.29, 1.82) is 0 Å². The molecule has 0 aromatic heterocycles. The van der Waals surface area contributed by atoms with Gasteiger partial charge in [-0.1, -0.05) is 0 Å². The molecule has 2 rings (SSSR count). The fourth-order valence-corrected chi connectivity index (χ4v) is 2.64. The van der Waals surface area contributed by atoms with E-state index in [4.69, 9.17) is 9.84 Å². The van der Waals surface area contributed by atoms with E-state index in [1.54, 1.807) is 0 Å². The summed E-state index contributed by atoms with van der Waals surface area (Å²) in [5, 5.41) is 8.96. The summed E-state index contributed by atoms with van der Waals surface area (Å²) in [4.78, 5) is 25.7. The molecular weight excluding hydrogens is 293 g/mol. The van der Waals surface area contributed by atoms with Gasteiger partial charge in [0.1, 0.15) is 0 Å². The number of aliphatic carboxylic acids is 1. The minimum Gasteiger partial charge on any atom is -0.481 e. The Bertz CT molecular complexity index is 421. The summed E-state index contributed by atoms with van der Waals surface area (Å²) in [6.45, 7) is 0.515. The molecule has 0 aromatic carbocycles. The Kier molecular flexibility index (Phi) is 4.31. The topological polar surface area (TPSA) is 70.1 Å². The number of urea groups is 1. The average Bonchev–Trinajstić information content (AvgIpc) is 2.69. The van der Waals surface area contributed by atoms with Crippen LogP contribution in [0.2, 0.25) is 0 Å². The summed E-state index contributed by atoms with van der Waals surface area (Å²) < 4.78 is 44.4. The number of likely N-dealkylation sites (tertiary alicyclic amines) is 1. The van der Waals surface area contributed by atoms with Crippen molar-refractivity contribution >= 4 is 12.0 Å².